The SMILES string of the molecule is Cn1ccc2ccc(C(=O)c3ccccc3)cc21. The maximum absolute atomic E-state index is 12.3. The van der Waals surface area contributed by atoms with Crippen molar-refractivity contribution in [2.45, 2.75) is 0 Å². The van der Waals surface area contributed by atoms with Crippen LogP contribution < -0.4 is 0 Å². The molecule has 0 saturated heterocycles. The van der Waals surface area contributed by atoms with E-state index in [1.54, 1.807) is 0 Å². The van der Waals surface area contributed by atoms with Crippen LogP contribution >= 0.6 is 0 Å². The molecule has 1 aromatic heterocycles. The highest BCUT2D eigenvalue weighted by atomic mass is 16.1. The molecule has 0 aliphatic heterocycles. The Hall–Kier alpha value is -2.35. The minimum absolute atomic E-state index is 0.0682. The number of ketones is 1. The van der Waals surface area contributed by atoms with E-state index < -0.39 is 0 Å². The molecule has 0 unspecified atom stereocenters. The van der Waals surface area contributed by atoms with Gasteiger partial charge in [-0.1, -0.05) is 42.5 Å². The monoisotopic (exact) mass is 235 g/mol. The highest BCUT2D eigenvalue weighted by molar-refractivity contribution is 6.10. The predicted molar refractivity (Wildman–Crippen MR) is 72.8 cm³/mol. The third-order valence-corrected chi connectivity index (χ3v) is 3.19. The molecule has 0 N–H and O–H groups in total. The summed E-state index contributed by atoms with van der Waals surface area (Å²) in [5, 5.41) is 1.15. The predicted octanol–water partition coefficient (Wildman–Crippen LogP) is 3.41. The standard InChI is InChI=1S/C16H13NO/c1-17-10-9-12-7-8-14(11-15(12)17)16(18)13-5-3-2-4-6-13/h2-11H,1H3. The second-order valence-corrected chi connectivity index (χ2v) is 4.40. The summed E-state index contributed by atoms with van der Waals surface area (Å²) in [7, 11) is 1.99. The van der Waals surface area contributed by atoms with Crippen molar-refractivity contribution in [1.82, 2.24) is 4.57 Å². The number of carbonyl (C=O) groups is 1. The Morgan fingerprint density at radius 1 is 0.944 bits per heavy atom. The number of nitrogens with zero attached hydrogens (tertiary/aromatic N) is 1. The summed E-state index contributed by atoms with van der Waals surface area (Å²) in [6.07, 6.45) is 2.00. The van der Waals surface area contributed by atoms with Crippen LogP contribution in [0.2, 0.25) is 0 Å². The Balaban J connectivity index is 2.09. The van der Waals surface area contributed by atoms with Crippen LogP contribution in [0.4, 0.5) is 0 Å². The highest BCUT2D eigenvalue weighted by Crippen LogP contribution is 2.18. The zero-order valence-electron chi connectivity index (χ0n) is 10.1. The smallest absolute Gasteiger partial charge is 0.193 e. The van der Waals surface area contributed by atoms with Gasteiger partial charge in [0, 0.05) is 29.9 Å². The summed E-state index contributed by atoms with van der Waals surface area (Å²) in [4.78, 5) is 12.3. The topological polar surface area (TPSA) is 22.0 Å². The van der Waals surface area contributed by atoms with E-state index in [1.165, 1.54) is 0 Å². The van der Waals surface area contributed by atoms with Gasteiger partial charge in [0.05, 0.1) is 0 Å². The fraction of sp³-hybridized carbons (Fsp3) is 0.0625. The molecule has 0 bridgehead atoms. The lowest BCUT2D eigenvalue weighted by Crippen LogP contribution is -2.01. The van der Waals surface area contributed by atoms with Gasteiger partial charge in [-0.25, -0.2) is 0 Å². The van der Waals surface area contributed by atoms with Gasteiger partial charge in [0.25, 0.3) is 0 Å². The van der Waals surface area contributed by atoms with E-state index in [1.807, 2.05) is 72.4 Å². The lowest BCUT2D eigenvalue weighted by atomic mass is 10.0. The molecule has 0 radical (unpaired) electrons. The number of rotatable bonds is 2. The highest BCUT2D eigenvalue weighted by Gasteiger charge is 2.09. The van der Waals surface area contributed by atoms with Gasteiger partial charge in [-0.2, -0.15) is 0 Å². The Bertz CT molecular complexity index is 710. The molecular formula is C16H13NO. The molecule has 0 saturated carbocycles. The van der Waals surface area contributed by atoms with Gasteiger partial charge >= 0.3 is 0 Å². The summed E-state index contributed by atoms with van der Waals surface area (Å²) in [6, 6.07) is 17.2. The zero-order valence-corrected chi connectivity index (χ0v) is 10.1. The summed E-state index contributed by atoms with van der Waals surface area (Å²) in [5.41, 5.74) is 2.54. The molecule has 2 aromatic carbocycles. The van der Waals surface area contributed by atoms with Gasteiger partial charge in [0.1, 0.15) is 0 Å². The Kier molecular flexibility index (Phi) is 2.49. The van der Waals surface area contributed by atoms with Gasteiger partial charge in [0.15, 0.2) is 5.78 Å². The van der Waals surface area contributed by atoms with Crippen LogP contribution in [0.1, 0.15) is 15.9 Å². The molecule has 2 nitrogen and oxygen atoms in total. The van der Waals surface area contributed by atoms with Crippen LogP contribution in [0.5, 0.6) is 0 Å². The van der Waals surface area contributed by atoms with E-state index in [2.05, 4.69) is 0 Å². The fourth-order valence-electron chi connectivity index (χ4n) is 2.16. The average molecular weight is 235 g/mol. The molecule has 0 fully saturated rings. The van der Waals surface area contributed by atoms with E-state index in [0.29, 0.717) is 0 Å². The first kappa shape index (κ1) is 10.8. The van der Waals surface area contributed by atoms with Gasteiger partial charge in [-0.05, 0) is 17.5 Å². The maximum atomic E-state index is 12.3. The third kappa shape index (κ3) is 1.72. The van der Waals surface area contributed by atoms with Crippen LogP contribution in [0.3, 0.4) is 0 Å². The van der Waals surface area contributed by atoms with Crippen molar-refractivity contribution in [2.24, 2.45) is 7.05 Å². The molecule has 1 heterocycles. The van der Waals surface area contributed by atoms with Crippen molar-refractivity contribution < 1.29 is 4.79 Å². The van der Waals surface area contributed by atoms with Gasteiger partial charge in [0.2, 0.25) is 0 Å². The fourth-order valence-corrected chi connectivity index (χ4v) is 2.16. The Morgan fingerprint density at radius 3 is 2.50 bits per heavy atom. The van der Waals surface area contributed by atoms with Crippen molar-refractivity contribution in [3.05, 3.63) is 71.9 Å². The first-order valence-electron chi connectivity index (χ1n) is 5.90. The number of aryl methyl sites for hydroxylation is 1. The molecule has 88 valence electrons. The van der Waals surface area contributed by atoms with Gasteiger partial charge < -0.3 is 4.57 Å². The number of hydrogen-bond donors (Lipinski definition) is 0. The van der Waals surface area contributed by atoms with Crippen molar-refractivity contribution >= 4 is 16.7 Å². The van der Waals surface area contributed by atoms with Crippen LogP contribution in [0.25, 0.3) is 10.9 Å². The molecule has 2 heteroatoms. The molecule has 3 rings (SSSR count). The normalized spacial score (nSPS) is 10.7. The molecule has 3 aromatic rings. The first-order valence-corrected chi connectivity index (χ1v) is 5.90. The molecular weight excluding hydrogens is 222 g/mol. The van der Waals surface area contributed by atoms with Crippen molar-refractivity contribution in [3.8, 4) is 0 Å². The van der Waals surface area contributed by atoms with Crippen LogP contribution in [-0.2, 0) is 7.05 Å². The van der Waals surface area contributed by atoms with E-state index in [4.69, 9.17) is 0 Å². The summed E-state index contributed by atoms with van der Waals surface area (Å²) >= 11 is 0. The van der Waals surface area contributed by atoms with E-state index >= 15 is 0 Å². The van der Waals surface area contributed by atoms with Crippen LogP contribution in [0, 0.1) is 0 Å². The molecule has 0 atom stereocenters. The number of aromatic nitrogens is 1. The van der Waals surface area contributed by atoms with Crippen molar-refractivity contribution in [1.29, 1.82) is 0 Å². The number of hydrogen-bond acceptors (Lipinski definition) is 1. The maximum Gasteiger partial charge on any atom is 0.193 e. The summed E-state index contributed by atoms with van der Waals surface area (Å²) in [5.74, 6) is 0.0682. The average Bonchev–Trinajstić information content (AvgIpc) is 2.80. The van der Waals surface area contributed by atoms with E-state index in [-0.39, 0.29) is 5.78 Å². The van der Waals surface area contributed by atoms with E-state index in [0.717, 1.165) is 22.0 Å². The Labute approximate surface area is 105 Å². The van der Waals surface area contributed by atoms with Crippen molar-refractivity contribution in [3.63, 3.8) is 0 Å². The molecule has 0 amide bonds. The molecule has 0 spiro atoms. The zero-order chi connectivity index (χ0) is 12.5. The molecule has 18 heavy (non-hydrogen) atoms. The molecule has 0 aliphatic carbocycles. The van der Waals surface area contributed by atoms with Gasteiger partial charge in [-0.15, -0.1) is 0 Å². The number of benzene rings is 2. The minimum Gasteiger partial charge on any atom is -0.351 e. The minimum atomic E-state index is 0.0682. The Morgan fingerprint density at radius 2 is 1.72 bits per heavy atom. The lowest BCUT2D eigenvalue weighted by molar-refractivity contribution is 0.103. The first-order chi connectivity index (χ1) is 8.75. The largest absolute Gasteiger partial charge is 0.351 e. The van der Waals surface area contributed by atoms with Gasteiger partial charge in [-0.3, -0.25) is 4.79 Å². The molecule has 0 aliphatic rings. The third-order valence-electron chi connectivity index (χ3n) is 3.19. The van der Waals surface area contributed by atoms with E-state index in [9.17, 15) is 4.79 Å². The van der Waals surface area contributed by atoms with Crippen molar-refractivity contribution in [2.75, 3.05) is 0 Å². The number of fused-ring (bicyclic) bond motifs is 1. The quantitative estimate of drug-likeness (QED) is 0.624. The van der Waals surface area contributed by atoms with Crippen LogP contribution in [0.15, 0.2) is 60.8 Å². The second-order valence-electron chi connectivity index (χ2n) is 4.40. The second kappa shape index (κ2) is 4.15. The number of carbonyl (C=O) groups excluding carboxylic acids is 1. The summed E-state index contributed by atoms with van der Waals surface area (Å²) in [6.45, 7) is 0. The lowest BCUT2D eigenvalue weighted by Gasteiger charge is -2.03. The summed E-state index contributed by atoms with van der Waals surface area (Å²) < 4.78 is 2.02. The van der Waals surface area contributed by atoms with Crippen LogP contribution in [-0.4, -0.2) is 10.4 Å².